The monoisotopic (exact) mass is 367 g/mol. The Hall–Kier alpha value is -2.49. The molecule has 1 fully saturated rings. The third-order valence-corrected chi connectivity index (χ3v) is 5.50. The highest BCUT2D eigenvalue weighted by Crippen LogP contribution is 2.29. The molecule has 1 aliphatic carbocycles. The first-order valence-corrected chi connectivity index (χ1v) is 9.81. The predicted molar refractivity (Wildman–Crippen MR) is 107 cm³/mol. The Morgan fingerprint density at radius 3 is 2.33 bits per heavy atom. The molecule has 2 aromatic rings. The maximum absolute atomic E-state index is 12.2. The summed E-state index contributed by atoms with van der Waals surface area (Å²) in [6, 6.07) is 17.7. The number of rotatable bonds is 7. The van der Waals surface area contributed by atoms with Crippen LogP contribution in [0.5, 0.6) is 11.5 Å². The molecule has 0 saturated heterocycles. The van der Waals surface area contributed by atoms with Crippen molar-refractivity contribution in [3.63, 3.8) is 0 Å². The first kappa shape index (κ1) is 19.3. The van der Waals surface area contributed by atoms with E-state index in [9.17, 15) is 4.79 Å². The molecule has 27 heavy (non-hydrogen) atoms. The average molecular weight is 367 g/mol. The van der Waals surface area contributed by atoms with Gasteiger partial charge in [-0.3, -0.25) is 4.79 Å². The zero-order valence-electron chi connectivity index (χ0n) is 16.2. The minimum Gasteiger partial charge on any atom is -0.489 e. The van der Waals surface area contributed by atoms with Gasteiger partial charge in [0.15, 0.2) is 6.61 Å². The molecule has 1 N–H and O–H groups in total. The molecular formula is C23H29NO3. The van der Waals surface area contributed by atoms with Gasteiger partial charge in [0.25, 0.3) is 5.91 Å². The van der Waals surface area contributed by atoms with Crippen LogP contribution < -0.4 is 14.8 Å². The molecule has 2 aromatic carbocycles. The Morgan fingerprint density at radius 1 is 0.963 bits per heavy atom. The van der Waals surface area contributed by atoms with E-state index in [2.05, 4.69) is 19.2 Å². The molecule has 0 aliphatic heterocycles. The van der Waals surface area contributed by atoms with E-state index in [1.807, 2.05) is 54.6 Å². The van der Waals surface area contributed by atoms with Gasteiger partial charge in [-0.25, -0.2) is 0 Å². The summed E-state index contributed by atoms with van der Waals surface area (Å²) >= 11 is 0. The van der Waals surface area contributed by atoms with E-state index >= 15 is 0 Å². The van der Waals surface area contributed by atoms with E-state index in [0.717, 1.165) is 17.7 Å². The molecule has 3 atom stereocenters. The van der Waals surface area contributed by atoms with Crippen molar-refractivity contribution in [2.75, 3.05) is 6.61 Å². The van der Waals surface area contributed by atoms with Gasteiger partial charge in [0.2, 0.25) is 0 Å². The molecular weight excluding hydrogens is 338 g/mol. The lowest BCUT2D eigenvalue weighted by atomic mass is 9.78. The Labute approximate surface area is 161 Å². The van der Waals surface area contributed by atoms with Crippen molar-refractivity contribution in [2.45, 2.75) is 45.8 Å². The molecule has 1 amide bonds. The molecule has 0 radical (unpaired) electrons. The zero-order chi connectivity index (χ0) is 19.1. The van der Waals surface area contributed by atoms with Gasteiger partial charge in [-0.15, -0.1) is 0 Å². The molecule has 0 heterocycles. The highest BCUT2D eigenvalue weighted by molar-refractivity contribution is 5.77. The van der Waals surface area contributed by atoms with Crippen molar-refractivity contribution in [3.05, 3.63) is 60.2 Å². The van der Waals surface area contributed by atoms with Gasteiger partial charge < -0.3 is 14.8 Å². The van der Waals surface area contributed by atoms with Gasteiger partial charge in [-0.1, -0.05) is 57.0 Å². The fourth-order valence-corrected chi connectivity index (χ4v) is 3.56. The maximum atomic E-state index is 12.2. The number of ether oxygens (including phenoxy) is 2. The fraction of sp³-hybridized carbons (Fsp3) is 0.435. The minimum absolute atomic E-state index is 0.0435. The van der Waals surface area contributed by atoms with Gasteiger partial charge in [-0.2, -0.15) is 0 Å². The second-order valence-corrected chi connectivity index (χ2v) is 7.48. The molecule has 1 saturated carbocycles. The van der Waals surface area contributed by atoms with E-state index < -0.39 is 0 Å². The second kappa shape index (κ2) is 9.45. The van der Waals surface area contributed by atoms with E-state index in [0.29, 0.717) is 24.2 Å². The molecule has 0 spiro atoms. The quantitative estimate of drug-likeness (QED) is 0.779. The van der Waals surface area contributed by atoms with Crippen LogP contribution in [0.2, 0.25) is 0 Å². The SMILES string of the molecule is C[C@@H]1[C@@H](C)CCC[C@H]1NC(=O)COc1ccc(OCc2ccccc2)cc1. The summed E-state index contributed by atoms with van der Waals surface area (Å²) in [6.07, 6.45) is 3.50. The summed E-state index contributed by atoms with van der Waals surface area (Å²) in [4.78, 5) is 12.2. The minimum atomic E-state index is -0.0506. The number of carbonyl (C=O) groups excluding carboxylic acids is 1. The van der Waals surface area contributed by atoms with Crippen molar-refractivity contribution in [1.29, 1.82) is 0 Å². The van der Waals surface area contributed by atoms with Crippen molar-refractivity contribution >= 4 is 5.91 Å². The lowest BCUT2D eigenvalue weighted by molar-refractivity contribution is -0.124. The van der Waals surface area contributed by atoms with Gasteiger partial charge in [0, 0.05) is 6.04 Å². The molecule has 3 rings (SSSR count). The standard InChI is InChI=1S/C23H29NO3/c1-17-7-6-10-22(18(17)2)24-23(25)16-27-21-13-11-20(12-14-21)26-15-19-8-4-3-5-9-19/h3-5,8-9,11-14,17-18,22H,6-7,10,15-16H2,1-2H3,(H,24,25)/t17-,18+,22+/m0/s1. The summed E-state index contributed by atoms with van der Waals surface area (Å²) < 4.78 is 11.4. The molecule has 4 heteroatoms. The molecule has 4 nitrogen and oxygen atoms in total. The van der Waals surface area contributed by atoms with Crippen LogP contribution >= 0.6 is 0 Å². The van der Waals surface area contributed by atoms with Crippen LogP contribution in [0.25, 0.3) is 0 Å². The first-order chi connectivity index (χ1) is 13.1. The normalized spacial score (nSPS) is 22.1. The van der Waals surface area contributed by atoms with Gasteiger partial charge >= 0.3 is 0 Å². The summed E-state index contributed by atoms with van der Waals surface area (Å²) in [5.41, 5.74) is 1.13. The van der Waals surface area contributed by atoms with Crippen LogP contribution in [-0.2, 0) is 11.4 Å². The van der Waals surface area contributed by atoms with Gasteiger partial charge in [0.05, 0.1) is 0 Å². The molecule has 144 valence electrons. The van der Waals surface area contributed by atoms with Gasteiger partial charge in [0.1, 0.15) is 18.1 Å². The van der Waals surface area contributed by atoms with Crippen molar-refractivity contribution < 1.29 is 14.3 Å². The highest BCUT2D eigenvalue weighted by atomic mass is 16.5. The van der Waals surface area contributed by atoms with E-state index in [-0.39, 0.29) is 18.6 Å². The molecule has 0 bridgehead atoms. The summed E-state index contributed by atoms with van der Waals surface area (Å²) in [5, 5.41) is 3.13. The fourth-order valence-electron chi connectivity index (χ4n) is 3.56. The van der Waals surface area contributed by atoms with E-state index in [1.165, 1.54) is 12.8 Å². The molecule has 1 aliphatic rings. The van der Waals surface area contributed by atoms with Crippen LogP contribution in [0, 0.1) is 11.8 Å². The van der Waals surface area contributed by atoms with Crippen molar-refractivity contribution in [2.24, 2.45) is 11.8 Å². The second-order valence-electron chi connectivity index (χ2n) is 7.48. The molecule has 0 unspecified atom stereocenters. The first-order valence-electron chi connectivity index (χ1n) is 9.81. The third kappa shape index (κ3) is 5.75. The predicted octanol–water partition coefficient (Wildman–Crippen LogP) is 4.59. The summed E-state index contributed by atoms with van der Waals surface area (Å²) in [7, 11) is 0. The number of hydrogen-bond donors (Lipinski definition) is 1. The Balaban J connectivity index is 1.42. The van der Waals surface area contributed by atoms with Crippen LogP contribution in [0.4, 0.5) is 0 Å². The van der Waals surface area contributed by atoms with Crippen LogP contribution in [0.3, 0.4) is 0 Å². The van der Waals surface area contributed by atoms with Gasteiger partial charge in [-0.05, 0) is 48.1 Å². The number of carbonyl (C=O) groups is 1. The third-order valence-electron chi connectivity index (χ3n) is 5.50. The largest absolute Gasteiger partial charge is 0.489 e. The number of benzene rings is 2. The lowest BCUT2D eigenvalue weighted by Gasteiger charge is -2.34. The van der Waals surface area contributed by atoms with Crippen LogP contribution in [0.1, 0.15) is 38.7 Å². The van der Waals surface area contributed by atoms with Crippen LogP contribution in [0.15, 0.2) is 54.6 Å². The Bertz CT molecular complexity index is 714. The molecule has 0 aromatic heterocycles. The number of nitrogens with one attached hydrogen (secondary N) is 1. The smallest absolute Gasteiger partial charge is 0.258 e. The number of hydrogen-bond acceptors (Lipinski definition) is 3. The van der Waals surface area contributed by atoms with E-state index in [4.69, 9.17) is 9.47 Å². The summed E-state index contributed by atoms with van der Waals surface area (Å²) in [6.45, 7) is 5.06. The zero-order valence-corrected chi connectivity index (χ0v) is 16.2. The Morgan fingerprint density at radius 2 is 1.63 bits per heavy atom. The topological polar surface area (TPSA) is 47.6 Å². The average Bonchev–Trinajstić information content (AvgIpc) is 2.70. The lowest BCUT2D eigenvalue weighted by Crippen LogP contribution is -2.45. The Kier molecular flexibility index (Phi) is 6.74. The number of amides is 1. The van der Waals surface area contributed by atoms with Crippen molar-refractivity contribution in [3.8, 4) is 11.5 Å². The van der Waals surface area contributed by atoms with E-state index in [1.54, 1.807) is 0 Å². The highest BCUT2D eigenvalue weighted by Gasteiger charge is 2.28. The van der Waals surface area contributed by atoms with Crippen LogP contribution in [-0.4, -0.2) is 18.6 Å². The summed E-state index contributed by atoms with van der Waals surface area (Å²) in [5.74, 6) is 2.57. The van der Waals surface area contributed by atoms with Crippen molar-refractivity contribution in [1.82, 2.24) is 5.32 Å². The maximum Gasteiger partial charge on any atom is 0.258 e.